The summed E-state index contributed by atoms with van der Waals surface area (Å²) in [7, 11) is 0. The molecule has 4 aromatic rings. The number of furan rings is 1. The van der Waals surface area contributed by atoms with Crippen LogP contribution >= 0.6 is 23.1 Å². The summed E-state index contributed by atoms with van der Waals surface area (Å²) in [5.74, 6) is 1.49. The van der Waals surface area contributed by atoms with E-state index in [2.05, 4.69) is 15.5 Å². The van der Waals surface area contributed by atoms with E-state index in [0.29, 0.717) is 17.1 Å². The van der Waals surface area contributed by atoms with E-state index in [-0.39, 0.29) is 18.1 Å². The molecule has 0 bridgehead atoms. The summed E-state index contributed by atoms with van der Waals surface area (Å²) in [6, 6.07) is 15.3. The summed E-state index contributed by atoms with van der Waals surface area (Å²) in [6.45, 7) is 7.87. The molecule has 32 heavy (non-hydrogen) atoms. The average Bonchev–Trinajstić information content (AvgIpc) is 3.35. The number of nitrogens with zero attached hydrogens (tertiary/aromatic N) is 2. The van der Waals surface area contributed by atoms with Crippen molar-refractivity contribution in [2.24, 2.45) is 0 Å². The second-order valence-electron chi connectivity index (χ2n) is 7.71. The number of aryl methyl sites for hydroxylation is 1. The number of rotatable bonds is 8. The number of hydrogen-bond donors (Lipinski definition) is 1. The van der Waals surface area contributed by atoms with Gasteiger partial charge in [0.1, 0.15) is 16.3 Å². The van der Waals surface area contributed by atoms with Crippen LogP contribution in [-0.4, -0.2) is 22.2 Å². The Morgan fingerprint density at radius 2 is 1.88 bits per heavy atom. The molecule has 1 unspecified atom stereocenters. The van der Waals surface area contributed by atoms with Gasteiger partial charge < -0.3 is 14.5 Å². The van der Waals surface area contributed by atoms with Crippen LogP contribution in [0.2, 0.25) is 0 Å². The van der Waals surface area contributed by atoms with Crippen molar-refractivity contribution in [3.05, 3.63) is 70.4 Å². The fourth-order valence-corrected chi connectivity index (χ4v) is 5.19. The van der Waals surface area contributed by atoms with Gasteiger partial charge in [-0.2, -0.15) is 0 Å². The molecule has 0 fully saturated rings. The number of benzene rings is 2. The van der Waals surface area contributed by atoms with E-state index in [1.54, 1.807) is 23.1 Å². The molecule has 8 heteroatoms. The van der Waals surface area contributed by atoms with Gasteiger partial charge >= 0.3 is 0 Å². The summed E-state index contributed by atoms with van der Waals surface area (Å²) < 4.78 is 12.5. The van der Waals surface area contributed by atoms with Gasteiger partial charge in [0, 0.05) is 16.7 Å². The highest BCUT2D eigenvalue weighted by molar-refractivity contribution is 8.00. The molecule has 166 valence electrons. The molecule has 2 aromatic heterocycles. The van der Waals surface area contributed by atoms with Crippen LogP contribution in [0.4, 0.5) is 0 Å². The molecule has 4 rings (SSSR count). The molecule has 0 aliphatic heterocycles. The van der Waals surface area contributed by atoms with E-state index in [4.69, 9.17) is 9.15 Å². The third-order valence-electron chi connectivity index (χ3n) is 4.85. The summed E-state index contributed by atoms with van der Waals surface area (Å²) in [5, 5.41) is 13.2. The smallest absolute Gasteiger partial charge is 0.287 e. The molecule has 1 amide bonds. The van der Waals surface area contributed by atoms with E-state index < -0.39 is 0 Å². The standard InChI is InChI=1S/C24H25N3O3S2/c1-14(2)29-18-11-9-17(10-12-18)15(3)25-23(28)22-20(13-31-24-27-26-16(4)32-24)19-7-5-6-8-21(19)30-22/h5-12,14-15H,13H2,1-4H3,(H,25,28). The van der Waals surface area contributed by atoms with Crippen molar-refractivity contribution in [1.29, 1.82) is 0 Å². The minimum atomic E-state index is -0.236. The zero-order valence-corrected chi connectivity index (χ0v) is 20.0. The fraction of sp³-hybridized carbons (Fsp3) is 0.292. The Hall–Kier alpha value is -2.84. The minimum absolute atomic E-state index is 0.117. The highest BCUT2D eigenvalue weighted by Gasteiger charge is 2.22. The topological polar surface area (TPSA) is 77.2 Å². The lowest BCUT2D eigenvalue weighted by molar-refractivity contribution is 0.0913. The first-order chi connectivity index (χ1) is 15.4. The molecule has 0 spiro atoms. The van der Waals surface area contributed by atoms with Gasteiger partial charge in [0.2, 0.25) is 0 Å². The number of hydrogen-bond acceptors (Lipinski definition) is 7. The Morgan fingerprint density at radius 1 is 1.12 bits per heavy atom. The van der Waals surface area contributed by atoms with Crippen molar-refractivity contribution in [2.75, 3.05) is 0 Å². The van der Waals surface area contributed by atoms with Gasteiger partial charge in [-0.25, -0.2) is 0 Å². The molecule has 6 nitrogen and oxygen atoms in total. The number of carbonyl (C=O) groups is 1. The maximum Gasteiger partial charge on any atom is 0.287 e. The summed E-state index contributed by atoms with van der Waals surface area (Å²) in [5.41, 5.74) is 2.55. The Morgan fingerprint density at radius 3 is 2.56 bits per heavy atom. The minimum Gasteiger partial charge on any atom is -0.491 e. The van der Waals surface area contributed by atoms with Crippen LogP contribution in [0.3, 0.4) is 0 Å². The second kappa shape index (κ2) is 9.75. The molecule has 0 saturated heterocycles. The number of nitrogens with one attached hydrogen (secondary N) is 1. The van der Waals surface area contributed by atoms with E-state index in [0.717, 1.165) is 31.6 Å². The molecule has 2 aromatic carbocycles. The number of thioether (sulfide) groups is 1. The second-order valence-corrected chi connectivity index (χ2v) is 10.1. The predicted octanol–water partition coefficient (Wildman–Crippen LogP) is 6.16. The van der Waals surface area contributed by atoms with Crippen LogP contribution in [0.1, 0.15) is 53.5 Å². The van der Waals surface area contributed by atoms with Crippen LogP contribution in [0.5, 0.6) is 5.75 Å². The van der Waals surface area contributed by atoms with Crippen molar-refractivity contribution < 1.29 is 13.9 Å². The van der Waals surface area contributed by atoms with Crippen molar-refractivity contribution in [3.63, 3.8) is 0 Å². The summed E-state index contributed by atoms with van der Waals surface area (Å²) >= 11 is 3.10. The number of amides is 1. The Labute approximate surface area is 195 Å². The number of ether oxygens (including phenoxy) is 1. The van der Waals surface area contributed by atoms with Gasteiger partial charge in [0.15, 0.2) is 10.1 Å². The quantitative estimate of drug-likeness (QED) is 0.313. The van der Waals surface area contributed by atoms with E-state index >= 15 is 0 Å². The molecule has 0 aliphatic rings. The van der Waals surface area contributed by atoms with Crippen LogP contribution in [-0.2, 0) is 5.75 Å². The molecular formula is C24H25N3O3S2. The molecule has 2 heterocycles. The first-order valence-corrected chi connectivity index (χ1v) is 12.2. The Kier molecular flexibility index (Phi) is 6.81. The summed E-state index contributed by atoms with van der Waals surface area (Å²) in [6.07, 6.45) is 0.117. The largest absolute Gasteiger partial charge is 0.491 e. The van der Waals surface area contributed by atoms with Gasteiger partial charge in [0.05, 0.1) is 12.1 Å². The van der Waals surface area contributed by atoms with Crippen LogP contribution < -0.4 is 10.1 Å². The van der Waals surface area contributed by atoms with Gasteiger partial charge in [-0.15, -0.1) is 10.2 Å². The first kappa shape index (κ1) is 22.4. The molecule has 1 N–H and O–H groups in total. The lowest BCUT2D eigenvalue weighted by atomic mass is 10.1. The van der Waals surface area contributed by atoms with Crippen LogP contribution in [0.25, 0.3) is 11.0 Å². The highest BCUT2D eigenvalue weighted by atomic mass is 32.2. The van der Waals surface area contributed by atoms with Gasteiger partial charge in [-0.3, -0.25) is 4.79 Å². The number of aromatic nitrogens is 2. The zero-order chi connectivity index (χ0) is 22.7. The van der Waals surface area contributed by atoms with Crippen LogP contribution in [0.15, 0.2) is 57.3 Å². The average molecular weight is 468 g/mol. The third kappa shape index (κ3) is 5.14. The van der Waals surface area contributed by atoms with Crippen molar-refractivity contribution in [3.8, 4) is 5.75 Å². The van der Waals surface area contributed by atoms with E-state index in [1.807, 2.05) is 76.2 Å². The van der Waals surface area contributed by atoms with E-state index in [9.17, 15) is 4.79 Å². The predicted molar refractivity (Wildman–Crippen MR) is 129 cm³/mol. The number of carbonyl (C=O) groups excluding carboxylic acids is 1. The Balaban J connectivity index is 1.53. The number of para-hydroxylation sites is 1. The lowest BCUT2D eigenvalue weighted by Crippen LogP contribution is -2.27. The molecular weight excluding hydrogens is 442 g/mol. The molecule has 1 atom stereocenters. The number of fused-ring (bicyclic) bond motifs is 1. The normalized spacial score (nSPS) is 12.3. The molecule has 0 saturated carbocycles. The van der Waals surface area contributed by atoms with Gasteiger partial charge in [-0.05, 0) is 51.5 Å². The Bertz CT molecular complexity index is 1210. The molecule has 0 radical (unpaired) electrons. The van der Waals surface area contributed by atoms with E-state index in [1.165, 1.54) is 0 Å². The fourth-order valence-electron chi connectivity index (χ4n) is 3.35. The maximum absolute atomic E-state index is 13.2. The maximum atomic E-state index is 13.2. The third-order valence-corrected chi connectivity index (χ3v) is 6.85. The van der Waals surface area contributed by atoms with Crippen molar-refractivity contribution in [2.45, 2.75) is 49.9 Å². The van der Waals surface area contributed by atoms with Crippen LogP contribution in [0, 0.1) is 6.92 Å². The zero-order valence-electron chi connectivity index (χ0n) is 18.4. The van der Waals surface area contributed by atoms with Crippen molar-refractivity contribution >= 4 is 40.0 Å². The van der Waals surface area contributed by atoms with Gasteiger partial charge in [0.25, 0.3) is 5.91 Å². The first-order valence-electron chi connectivity index (χ1n) is 10.4. The lowest BCUT2D eigenvalue weighted by Gasteiger charge is -2.15. The molecule has 0 aliphatic carbocycles. The van der Waals surface area contributed by atoms with Gasteiger partial charge in [-0.1, -0.05) is 53.4 Å². The van der Waals surface area contributed by atoms with Crippen molar-refractivity contribution in [1.82, 2.24) is 15.5 Å². The summed E-state index contributed by atoms with van der Waals surface area (Å²) in [4.78, 5) is 13.2. The SMILES string of the molecule is Cc1nnc(SCc2c(C(=O)NC(C)c3ccc(OC(C)C)cc3)oc3ccccc23)s1. The monoisotopic (exact) mass is 467 g/mol. The highest BCUT2D eigenvalue weighted by Crippen LogP contribution is 2.33.